The number of anilines is 3. The van der Waals surface area contributed by atoms with E-state index in [1.54, 1.807) is 4.90 Å². The van der Waals surface area contributed by atoms with E-state index >= 15 is 0 Å². The molecule has 1 aromatic carbocycles. The molecule has 33 heavy (non-hydrogen) atoms. The summed E-state index contributed by atoms with van der Waals surface area (Å²) in [6.45, 7) is 5.77. The number of fused-ring (bicyclic) bond motifs is 1. The number of halogens is 2. The number of methoxy groups -OCH3 is 1. The number of nitrogens with zero attached hydrogens (tertiary/aromatic N) is 4. The lowest BCUT2D eigenvalue weighted by atomic mass is 10.0. The van der Waals surface area contributed by atoms with Crippen molar-refractivity contribution in [3.05, 3.63) is 30.1 Å². The summed E-state index contributed by atoms with van der Waals surface area (Å²) in [5.74, 6) is -0.492. The van der Waals surface area contributed by atoms with E-state index in [0.717, 1.165) is 25.0 Å². The van der Waals surface area contributed by atoms with Gasteiger partial charge in [0, 0.05) is 31.3 Å². The van der Waals surface area contributed by atoms with E-state index in [9.17, 15) is 13.6 Å². The Bertz CT molecular complexity index is 991. The molecular formula is C22H27F2N5O4. The SMILES string of the molecule is COc1cc(F)c(Nc2ncnc3c2OCCN3C2CCN(C(=O)OC(C)C)CC2)c(F)c1. The van der Waals surface area contributed by atoms with Crippen LogP contribution in [0.15, 0.2) is 18.5 Å². The minimum atomic E-state index is -0.812. The second-order valence-corrected chi connectivity index (χ2v) is 8.16. The highest BCUT2D eigenvalue weighted by atomic mass is 19.1. The van der Waals surface area contributed by atoms with Crippen LogP contribution >= 0.6 is 0 Å². The lowest BCUT2D eigenvalue weighted by Crippen LogP contribution is -2.49. The smallest absolute Gasteiger partial charge is 0.410 e. The second-order valence-electron chi connectivity index (χ2n) is 8.16. The first-order valence-electron chi connectivity index (χ1n) is 10.9. The van der Waals surface area contributed by atoms with E-state index in [0.29, 0.717) is 37.8 Å². The highest BCUT2D eigenvalue weighted by molar-refractivity contribution is 5.72. The molecule has 0 aliphatic carbocycles. The molecule has 3 heterocycles. The van der Waals surface area contributed by atoms with Crippen molar-refractivity contribution in [1.29, 1.82) is 0 Å². The number of nitrogens with one attached hydrogen (secondary N) is 1. The molecule has 0 atom stereocenters. The van der Waals surface area contributed by atoms with E-state index in [1.807, 2.05) is 13.8 Å². The van der Waals surface area contributed by atoms with Gasteiger partial charge in [-0.3, -0.25) is 0 Å². The van der Waals surface area contributed by atoms with E-state index in [4.69, 9.17) is 14.2 Å². The zero-order valence-corrected chi connectivity index (χ0v) is 18.8. The van der Waals surface area contributed by atoms with Gasteiger partial charge in [-0.15, -0.1) is 0 Å². The quantitative estimate of drug-likeness (QED) is 0.718. The molecule has 1 amide bonds. The maximum absolute atomic E-state index is 14.4. The number of ether oxygens (including phenoxy) is 3. The molecule has 0 spiro atoms. The third-order valence-electron chi connectivity index (χ3n) is 5.63. The highest BCUT2D eigenvalue weighted by Gasteiger charge is 2.33. The average Bonchev–Trinajstić information content (AvgIpc) is 2.80. The van der Waals surface area contributed by atoms with Crippen molar-refractivity contribution >= 4 is 23.4 Å². The number of benzene rings is 1. The molecule has 4 rings (SSSR count). The number of piperidine rings is 1. The zero-order chi connectivity index (χ0) is 23.5. The predicted molar refractivity (Wildman–Crippen MR) is 117 cm³/mol. The second kappa shape index (κ2) is 9.63. The molecule has 0 saturated carbocycles. The number of aromatic nitrogens is 2. The molecule has 2 aliphatic rings. The minimum absolute atomic E-state index is 0.0753. The van der Waals surface area contributed by atoms with Gasteiger partial charge in [-0.2, -0.15) is 0 Å². The maximum atomic E-state index is 14.4. The summed E-state index contributed by atoms with van der Waals surface area (Å²) in [7, 11) is 1.34. The fourth-order valence-electron chi connectivity index (χ4n) is 4.04. The Morgan fingerprint density at radius 1 is 1.18 bits per heavy atom. The summed E-state index contributed by atoms with van der Waals surface area (Å²) < 4.78 is 44.9. The molecular weight excluding hydrogens is 436 g/mol. The standard InChI is InChI=1S/C22H27F2N5O4/c1-13(2)33-22(30)28-6-4-14(5-7-28)29-8-9-32-19-20(25-12-26-21(19)29)27-18-16(23)10-15(31-3)11-17(18)24/h10-14H,4-9H2,1-3H3,(H,25,26,27). The van der Waals surface area contributed by atoms with Crippen LogP contribution in [0.2, 0.25) is 0 Å². The average molecular weight is 463 g/mol. The van der Waals surface area contributed by atoms with Gasteiger partial charge in [-0.25, -0.2) is 23.5 Å². The monoisotopic (exact) mass is 463 g/mol. The topological polar surface area (TPSA) is 89.0 Å². The summed E-state index contributed by atoms with van der Waals surface area (Å²) in [4.78, 5) is 24.5. The molecule has 0 bridgehead atoms. The van der Waals surface area contributed by atoms with Crippen LogP contribution in [-0.4, -0.2) is 66.5 Å². The molecule has 0 radical (unpaired) electrons. The third-order valence-corrected chi connectivity index (χ3v) is 5.63. The molecule has 1 N–H and O–H groups in total. The molecule has 178 valence electrons. The van der Waals surface area contributed by atoms with Crippen molar-refractivity contribution in [2.24, 2.45) is 0 Å². The van der Waals surface area contributed by atoms with Crippen LogP contribution in [0, 0.1) is 11.6 Å². The van der Waals surface area contributed by atoms with E-state index in [-0.39, 0.29) is 35.5 Å². The Hall–Kier alpha value is -3.37. The van der Waals surface area contributed by atoms with Gasteiger partial charge in [0.1, 0.15) is 24.4 Å². The van der Waals surface area contributed by atoms with Gasteiger partial charge in [-0.05, 0) is 26.7 Å². The Morgan fingerprint density at radius 3 is 2.52 bits per heavy atom. The van der Waals surface area contributed by atoms with Crippen LogP contribution < -0.4 is 19.7 Å². The van der Waals surface area contributed by atoms with Crippen LogP contribution in [0.3, 0.4) is 0 Å². The largest absolute Gasteiger partial charge is 0.497 e. The number of rotatable bonds is 5. The van der Waals surface area contributed by atoms with Crippen molar-refractivity contribution < 1.29 is 27.8 Å². The van der Waals surface area contributed by atoms with Gasteiger partial charge < -0.3 is 29.3 Å². The number of hydrogen-bond acceptors (Lipinski definition) is 8. The van der Waals surface area contributed by atoms with Crippen molar-refractivity contribution in [3.63, 3.8) is 0 Å². The van der Waals surface area contributed by atoms with Gasteiger partial charge in [0.2, 0.25) is 5.75 Å². The Kier molecular flexibility index (Phi) is 6.66. The summed E-state index contributed by atoms with van der Waals surface area (Å²) in [6.07, 6.45) is 2.34. The van der Waals surface area contributed by atoms with Crippen LogP contribution in [-0.2, 0) is 4.74 Å². The van der Waals surface area contributed by atoms with Gasteiger partial charge in [0.05, 0.1) is 19.8 Å². The molecule has 0 unspecified atom stereocenters. The lowest BCUT2D eigenvalue weighted by molar-refractivity contribution is 0.0687. The normalized spacial score (nSPS) is 16.3. The molecule has 2 aromatic rings. The maximum Gasteiger partial charge on any atom is 0.410 e. The predicted octanol–water partition coefficient (Wildman–Crippen LogP) is 3.72. The van der Waals surface area contributed by atoms with E-state index in [2.05, 4.69) is 20.2 Å². The molecule has 11 heteroatoms. The molecule has 1 fully saturated rings. The Morgan fingerprint density at radius 2 is 1.88 bits per heavy atom. The van der Waals surface area contributed by atoms with Crippen molar-refractivity contribution in [1.82, 2.24) is 14.9 Å². The first kappa shape index (κ1) is 22.8. The molecule has 1 saturated heterocycles. The Balaban J connectivity index is 1.51. The van der Waals surface area contributed by atoms with Crippen molar-refractivity contribution in [3.8, 4) is 11.5 Å². The fraction of sp³-hybridized carbons (Fsp3) is 0.500. The number of carbonyl (C=O) groups is 1. The first-order chi connectivity index (χ1) is 15.9. The lowest BCUT2D eigenvalue weighted by Gasteiger charge is -2.41. The fourth-order valence-corrected chi connectivity index (χ4v) is 4.04. The van der Waals surface area contributed by atoms with Gasteiger partial charge >= 0.3 is 6.09 Å². The van der Waals surface area contributed by atoms with Crippen LogP contribution in [0.4, 0.5) is 30.9 Å². The molecule has 1 aromatic heterocycles. The van der Waals surface area contributed by atoms with Crippen LogP contribution in [0.25, 0.3) is 0 Å². The number of carbonyl (C=O) groups excluding carboxylic acids is 1. The van der Waals surface area contributed by atoms with Crippen molar-refractivity contribution in [2.75, 3.05) is 43.6 Å². The first-order valence-corrected chi connectivity index (χ1v) is 10.9. The minimum Gasteiger partial charge on any atom is -0.497 e. The van der Waals surface area contributed by atoms with E-state index in [1.165, 1.54) is 13.4 Å². The number of amides is 1. The molecule has 2 aliphatic heterocycles. The summed E-state index contributed by atoms with van der Waals surface area (Å²) in [5, 5.41) is 2.71. The van der Waals surface area contributed by atoms with Gasteiger partial charge in [0.25, 0.3) is 0 Å². The van der Waals surface area contributed by atoms with E-state index < -0.39 is 11.6 Å². The zero-order valence-electron chi connectivity index (χ0n) is 18.8. The highest BCUT2D eigenvalue weighted by Crippen LogP contribution is 2.39. The summed E-state index contributed by atoms with van der Waals surface area (Å²) >= 11 is 0. The summed E-state index contributed by atoms with van der Waals surface area (Å²) in [6, 6.07) is 2.31. The van der Waals surface area contributed by atoms with Gasteiger partial charge in [-0.1, -0.05) is 0 Å². The Labute approximate surface area is 190 Å². The number of likely N-dealkylation sites (tertiary alicyclic amines) is 1. The third kappa shape index (κ3) is 4.86. The summed E-state index contributed by atoms with van der Waals surface area (Å²) in [5.41, 5.74) is -0.352. The van der Waals surface area contributed by atoms with Crippen LogP contribution in [0.5, 0.6) is 11.5 Å². The molecule has 9 nitrogen and oxygen atoms in total. The number of hydrogen-bond donors (Lipinski definition) is 1. The van der Waals surface area contributed by atoms with Crippen molar-refractivity contribution in [2.45, 2.75) is 38.8 Å². The van der Waals surface area contributed by atoms with Gasteiger partial charge in [0.15, 0.2) is 23.3 Å². The van der Waals surface area contributed by atoms with Crippen LogP contribution in [0.1, 0.15) is 26.7 Å².